The van der Waals surface area contributed by atoms with Crippen LogP contribution in [0.1, 0.15) is 5.56 Å². The van der Waals surface area contributed by atoms with E-state index in [1.807, 2.05) is 36.4 Å². The number of anilines is 1. The fraction of sp³-hybridized carbons (Fsp3) is 0.200. The molecule has 0 saturated heterocycles. The molecule has 0 aromatic heterocycles. The highest BCUT2D eigenvalue weighted by Crippen LogP contribution is 2.27. The minimum absolute atomic E-state index is 0.599. The molecule has 2 rings (SSSR count). The Kier molecular flexibility index (Phi) is 5.00. The summed E-state index contributed by atoms with van der Waals surface area (Å²) in [6.45, 7) is 2.66. The lowest BCUT2D eigenvalue weighted by molar-refractivity contribution is 0.344. The molecule has 0 saturated carbocycles. The third-order valence-electron chi connectivity index (χ3n) is 2.60. The highest BCUT2D eigenvalue weighted by atomic mass is 35.5. The van der Waals surface area contributed by atoms with Crippen LogP contribution in [0, 0.1) is 6.92 Å². The quantitative estimate of drug-likeness (QED) is 0.504. The molecule has 0 aliphatic heterocycles. The number of benzene rings is 2. The van der Waals surface area contributed by atoms with E-state index in [0.29, 0.717) is 11.6 Å². The van der Waals surface area contributed by atoms with E-state index in [0.717, 1.165) is 22.1 Å². The molecule has 0 fully saturated rings. The highest BCUT2D eigenvalue weighted by Gasteiger charge is 2.02. The lowest BCUT2D eigenvalue weighted by Crippen LogP contribution is -2.01. The van der Waals surface area contributed by atoms with E-state index >= 15 is 0 Å². The van der Waals surface area contributed by atoms with Crippen molar-refractivity contribution in [3.8, 4) is 5.75 Å². The number of hydrogen-bond donors (Lipinski definition) is 1. The summed E-state index contributed by atoms with van der Waals surface area (Å²) in [5.41, 5.74) is 7.95. The number of nitrogens with two attached hydrogens (primary N) is 1. The van der Waals surface area contributed by atoms with Gasteiger partial charge in [-0.05, 0) is 36.8 Å². The molecule has 0 spiro atoms. The van der Waals surface area contributed by atoms with Gasteiger partial charge in [0.1, 0.15) is 5.75 Å². The Bertz CT molecular complexity index is 560. The van der Waals surface area contributed by atoms with Crippen LogP contribution in [0.2, 0.25) is 5.02 Å². The van der Waals surface area contributed by atoms with Gasteiger partial charge in [-0.2, -0.15) is 0 Å². The summed E-state index contributed by atoms with van der Waals surface area (Å²) in [4.78, 5) is 1.10. The van der Waals surface area contributed by atoms with Crippen LogP contribution in [-0.4, -0.2) is 12.4 Å². The lowest BCUT2D eigenvalue weighted by Gasteiger charge is -2.09. The first-order valence-electron chi connectivity index (χ1n) is 6.03. The van der Waals surface area contributed by atoms with Gasteiger partial charge in [0.2, 0.25) is 0 Å². The third-order valence-corrected chi connectivity index (χ3v) is 3.95. The van der Waals surface area contributed by atoms with Crippen LogP contribution >= 0.6 is 23.4 Å². The van der Waals surface area contributed by atoms with Crippen LogP contribution in [0.4, 0.5) is 5.69 Å². The number of rotatable bonds is 5. The number of thioether (sulfide) groups is 1. The van der Waals surface area contributed by atoms with Crippen LogP contribution in [0.5, 0.6) is 5.75 Å². The zero-order chi connectivity index (χ0) is 13.7. The molecule has 0 unspecified atom stereocenters. The number of para-hydroxylation sites is 1. The summed E-state index contributed by atoms with van der Waals surface area (Å²) in [5, 5.41) is 0.641. The molecule has 2 nitrogen and oxygen atoms in total. The Morgan fingerprint density at radius 3 is 2.79 bits per heavy atom. The van der Waals surface area contributed by atoms with Crippen molar-refractivity contribution < 1.29 is 4.74 Å². The normalized spacial score (nSPS) is 10.4. The lowest BCUT2D eigenvalue weighted by atomic mass is 10.2. The second-order valence-corrected chi connectivity index (χ2v) is 5.71. The second kappa shape index (κ2) is 6.73. The summed E-state index contributed by atoms with van der Waals surface area (Å²) in [5.74, 6) is 1.56. The van der Waals surface area contributed by atoms with E-state index in [1.54, 1.807) is 11.8 Å². The Morgan fingerprint density at radius 2 is 2.00 bits per heavy atom. The molecule has 0 radical (unpaired) electrons. The largest absolute Gasteiger partial charge is 0.491 e. The van der Waals surface area contributed by atoms with E-state index in [9.17, 15) is 0 Å². The maximum Gasteiger partial charge on any atom is 0.137 e. The van der Waals surface area contributed by atoms with E-state index in [-0.39, 0.29) is 0 Å². The molecule has 2 aromatic carbocycles. The molecule has 0 amide bonds. The first-order valence-corrected chi connectivity index (χ1v) is 7.39. The number of nitrogen functional groups attached to an aromatic ring is 1. The standard InChI is InChI=1S/C15H16ClNOS/c1-11-6-7-13(17)15(10-11)19-9-8-18-14-5-3-2-4-12(14)16/h2-7,10H,8-9,17H2,1H3. The van der Waals surface area contributed by atoms with Crippen LogP contribution in [0.3, 0.4) is 0 Å². The molecule has 0 aliphatic rings. The van der Waals surface area contributed by atoms with Gasteiger partial charge >= 0.3 is 0 Å². The van der Waals surface area contributed by atoms with Gasteiger partial charge in [-0.3, -0.25) is 0 Å². The summed E-state index contributed by atoms with van der Waals surface area (Å²) >= 11 is 7.71. The van der Waals surface area contributed by atoms with Crippen molar-refractivity contribution in [2.45, 2.75) is 11.8 Å². The fourth-order valence-corrected chi connectivity index (χ4v) is 2.71. The van der Waals surface area contributed by atoms with Crippen LogP contribution in [-0.2, 0) is 0 Å². The van der Waals surface area contributed by atoms with Crippen LogP contribution in [0.15, 0.2) is 47.4 Å². The van der Waals surface area contributed by atoms with Gasteiger partial charge in [-0.25, -0.2) is 0 Å². The van der Waals surface area contributed by atoms with Crippen molar-refractivity contribution >= 4 is 29.1 Å². The van der Waals surface area contributed by atoms with Gasteiger partial charge in [0, 0.05) is 16.3 Å². The summed E-state index contributed by atoms with van der Waals surface area (Å²) in [6.07, 6.45) is 0. The van der Waals surface area contributed by atoms with Gasteiger partial charge in [0.25, 0.3) is 0 Å². The molecular formula is C15H16ClNOS. The average Bonchev–Trinajstić information content (AvgIpc) is 2.40. The van der Waals surface area contributed by atoms with Crippen molar-refractivity contribution in [2.75, 3.05) is 18.1 Å². The maximum atomic E-state index is 6.01. The summed E-state index contributed by atoms with van der Waals surface area (Å²) < 4.78 is 5.64. The molecule has 0 heterocycles. The van der Waals surface area contributed by atoms with E-state index in [1.165, 1.54) is 5.56 Å². The maximum absolute atomic E-state index is 6.01. The molecule has 100 valence electrons. The predicted molar refractivity (Wildman–Crippen MR) is 83.3 cm³/mol. The molecular weight excluding hydrogens is 278 g/mol. The molecule has 2 aromatic rings. The Hall–Kier alpha value is -1.32. The predicted octanol–water partition coefficient (Wildman–Crippen LogP) is 4.40. The smallest absolute Gasteiger partial charge is 0.137 e. The van der Waals surface area contributed by atoms with Crippen molar-refractivity contribution in [3.05, 3.63) is 53.1 Å². The van der Waals surface area contributed by atoms with E-state index in [4.69, 9.17) is 22.1 Å². The van der Waals surface area contributed by atoms with Gasteiger partial charge in [0.15, 0.2) is 0 Å². The number of hydrogen-bond acceptors (Lipinski definition) is 3. The third kappa shape index (κ3) is 4.08. The molecule has 2 N–H and O–H groups in total. The Morgan fingerprint density at radius 1 is 1.21 bits per heavy atom. The van der Waals surface area contributed by atoms with Crippen molar-refractivity contribution in [3.63, 3.8) is 0 Å². The Balaban J connectivity index is 1.84. The first kappa shape index (κ1) is 14.1. The van der Waals surface area contributed by atoms with Crippen molar-refractivity contribution in [1.82, 2.24) is 0 Å². The number of ether oxygens (including phenoxy) is 1. The zero-order valence-electron chi connectivity index (χ0n) is 10.7. The SMILES string of the molecule is Cc1ccc(N)c(SCCOc2ccccc2Cl)c1. The van der Waals surface area contributed by atoms with Crippen LogP contribution < -0.4 is 10.5 Å². The van der Waals surface area contributed by atoms with Crippen molar-refractivity contribution in [1.29, 1.82) is 0 Å². The van der Waals surface area contributed by atoms with Gasteiger partial charge in [-0.1, -0.05) is 29.8 Å². The highest BCUT2D eigenvalue weighted by molar-refractivity contribution is 7.99. The number of halogens is 1. The number of aryl methyl sites for hydroxylation is 1. The molecule has 0 bridgehead atoms. The minimum atomic E-state index is 0.599. The Labute approximate surface area is 122 Å². The summed E-state index contributed by atoms with van der Waals surface area (Å²) in [7, 11) is 0. The van der Waals surface area contributed by atoms with Gasteiger partial charge < -0.3 is 10.5 Å². The van der Waals surface area contributed by atoms with E-state index in [2.05, 4.69) is 13.0 Å². The van der Waals surface area contributed by atoms with Crippen LogP contribution in [0.25, 0.3) is 0 Å². The molecule has 4 heteroatoms. The van der Waals surface area contributed by atoms with E-state index < -0.39 is 0 Å². The van der Waals surface area contributed by atoms with Gasteiger partial charge in [-0.15, -0.1) is 11.8 Å². The molecule has 0 aliphatic carbocycles. The summed E-state index contributed by atoms with van der Waals surface area (Å²) in [6, 6.07) is 13.5. The topological polar surface area (TPSA) is 35.2 Å². The average molecular weight is 294 g/mol. The molecule has 19 heavy (non-hydrogen) atoms. The second-order valence-electron chi connectivity index (χ2n) is 4.17. The fourth-order valence-electron chi connectivity index (χ4n) is 1.63. The monoisotopic (exact) mass is 293 g/mol. The molecule has 0 atom stereocenters. The zero-order valence-corrected chi connectivity index (χ0v) is 12.3. The minimum Gasteiger partial charge on any atom is -0.491 e. The van der Waals surface area contributed by atoms with Crippen molar-refractivity contribution in [2.24, 2.45) is 0 Å². The van der Waals surface area contributed by atoms with Gasteiger partial charge in [0.05, 0.1) is 11.6 Å². The first-order chi connectivity index (χ1) is 9.16.